The van der Waals surface area contributed by atoms with Gasteiger partial charge in [0.25, 0.3) is 0 Å². The van der Waals surface area contributed by atoms with Crippen LogP contribution in [-0.2, 0) is 6.54 Å². The molecule has 2 aliphatic rings. The summed E-state index contributed by atoms with van der Waals surface area (Å²) in [5.41, 5.74) is 0.740. The van der Waals surface area contributed by atoms with Crippen LogP contribution in [0.3, 0.4) is 0 Å². The van der Waals surface area contributed by atoms with E-state index in [-0.39, 0.29) is 5.82 Å². The molecule has 1 aromatic carbocycles. The molecule has 1 nitrogen and oxygen atoms in total. The molecule has 98 valence electrons. The first-order valence-electron chi connectivity index (χ1n) is 6.47. The van der Waals surface area contributed by atoms with E-state index in [2.05, 4.69) is 4.90 Å². The Morgan fingerprint density at radius 2 is 1.89 bits per heavy atom. The van der Waals surface area contributed by atoms with Gasteiger partial charge in [0.1, 0.15) is 5.82 Å². The van der Waals surface area contributed by atoms with Gasteiger partial charge < -0.3 is 0 Å². The molecule has 2 bridgehead atoms. The maximum absolute atomic E-state index is 13.8. The van der Waals surface area contributed by atoms with Gasteiger partial charge in [0.15, 0.2) is 0 Å². The van der Waals surface area contributed by atoms with Crippen molar-refractivity contribution in [1.29, 1.82) is 0 Å². The second kappa shape index (κ2) is 4.99. The van der Waals surface area contributed by atoms with Crippen molar-refractivity contribution in [1.82, 2.24) is 4.90 Å². The Kier molecular flexibility index (Phi) is 3.52. The van der Waals surface area contributed by atoms with E-state index in [0.29, 0.717) is 29.0 Å². The van der Waals surface area contributed by atoms with E-state index in [1.165, 1.54) is 18.9 Å². The molecule has 4 heteroatoms. The highest BCUT2D eigenvalue weighted by Gasteiger charge is 2.40. The van der Waals surface area contributed by atoms with E-state index >= 15 is 0 Å². The first kappa shape index (κ1) is 12.7. The highest BCUT2D eigenvalue weighted by Crippen LogP contribution is 2.38. The SMILES string of the molecule is Fc1cc(Cl)ccc1CN1C2CCC1CC(Cl)C2. The summed E-state index contributed by atoms with van der Waals surface area (Å²) < 4.78 is 13.8. The fraction of sp³-hybridized carbons (Fsp3) is 0.571. The van der Waals surface area contributed by atoms with E-state index in [4.69, 9.17) is 23.2 Å². The van der Waals surface area contributed by atoms with Crippen molar-refractivity contribution in [2.45, 2.75) is 49.7 Å². The Hall–Kier alpha value is -0.310. The summed E-state index contributed by atoms with van der Waals surface area (Å²) >= 11 is 12.0. The van der Waals surface area contributed by atoms with Crippen LogP contribution in [0.15, 0.2) is 18.2 Å². The largest absolute Gasteiger partial charge is 0.293 e. The molecule has 0 radical (unpaired) electrons. The molecule has 3 rings (SSSR count). The summed E-state index contributed by atoms with van der Waals surface area (Å²) in [5, 5.41) is 0.757. The summed E-state index contributed by atoms with van der Waals surface area (Å²) in [6, 6.07) is 6.01. The lowest BCUT2D eigenvalue weighted by Crippen LogP contribution is -2.42. The molecule has 0 amide bonds. The van der Waals surface area contributed by atoms with Crippen molar-refractivity contribution in [3.05, 3.63) is 34.6 Å². The first-order chi connectivity index (χ1) is 8.63. The van der Waals surface area contributed by atoms with Gasteiger partial charge in [-0.15, -0.1) is 11.6 Å². The van der Waals surface area contributed by atoms with Gasteiger partial charge in [0.2, 0.25) is 0 Å². The first-order valence-corrected chi connectivity index (χ1v) is 7.28. The smallest absolute Gasteiger partial charge is 0.129 e. The normalized spacial score (nSPS) is 31.8. The van der Waals surface area contributed by atoms with Crippen molar-refractivity contribution in [2.24, 2.45) is 0 Å². The molecule has 0 spiro atoms. The molecule has 0 saturated carbocycles. The number of benzene rings is 1. The Balaban J connectivity index is 1.77. The average molecular weight is 288 g/mol. The van der Waals surface area contributed by atoms with Gasteiger partial charge in [0.05, 0.1) is 0 Å². The Labute approximate surface area is 117 Å². The third kappa shape index (κ3) is 2.38. The van der Waals surface area contributed by atoms with Gasteiger partial charge in [0, 0.05) is 34.6 Å². The third-order valence-corrected chi connectivity index (χ3v) is 4.79. The highest BCUT2D eigenvalue weighted by atomic mass is 35.5. The van der Waals surface area contributed by atoms with Crippen LogP contribution in [-0.4, -0.2) is 22.4 Å². The lowest BCUT2D eigenvalue weighted by atomic mass is 10.0. The molecule has 0 N–H and O–H groups in total. The fourth-order valence-electron chi connectivity index (χ4n) is 3.31. The van der Waals surface area contributed by atoms with Crippen molar-refractivity contribution < 1.29 is 4.39 Å². The number of piperidine rings is 1. The standard InChI is InChI=1S/C14H16Cl2FN/c15-10-2-1-9(14(17)7-10)8-18-12-3-4-13(18)6-11(16)5-12/h1-2,7,11-13H,3-6,8H2. The zero-order valence-corrected chi connectivity index (χ0v) is 11.6. The van der Waals surface area contributed by atoms with E-state index in [1.807, 2.05) is 0 Å². The zero-order valence-electron chi connectivity index (χ0n) is 10.1. The number of rotatable bonds is 2. The minimum absolute atomic E-state index is 0.199. The predicted octanol–water partition coefficient (Wildman–Crippen LogP) is 4.21. The summed E-state index contributed by atoms with van der Waals surface area (Å²) in [6.07, 6.45) is 4.46. The van der Waals surface area contributed by atoms with Crippen LogP contribution in [0.4, 0.5) is 4.39 Å². The quantitative estimate of drug-likeness (QED) is 0.737. The lowest BCUT2D eigenvalue weighted by molar-refractivity contribution is 0.133. The number of alkyl halides is 1. The molecule has 2 atom stereocenters. The average Bonchev–Trinajstić information content (AvgIpc) is 2.56. The molecule has 2 saturated heterocycles. The zero-order chi connectivity index (χ0) is 12.7. The van der Waals surface area contributed by atoms with Gasteiger partial charge >= 0.3 is 0 Å². The van der Waals surface area contributed by atoms with Gasteiger partial charge in [-0.2, -0.15) is 0 Å². The van der Waals surface area contributed by atoms with Crippen molar-refractivity contribution in [3.63, 3.8) is 0 Å². The third-order valence-electron chi connectivity index (χ3n) is 4.19. The van der Waals surface area contributed by atoms with Crippen LogP contribution in [0, 0.1) is 5.82 Å². The molecule has 2 aliphatic heterocycles. The van der Waals surface area contributed by atoms with E-state index in [0.717, 1.165) is 18.4 Å². The molecule has 0 aliphatic carbocycles. The van der Waals surface area contributed by atoms with Gasteiger partial charge in [-0.25, -0.2) is 4.39 Å². The fourth-order valence-corrected chi connectivity index (χ4v) is 3.88. The second-order valence-corrected chi connectivity index (χ2v) is 6.42. The minimum Gasteiger partial charge on any atom is -0.293 e. The van der Waals surface area contributed by atoms with Crippen LogP contribution >= 0.6 is 23.2 Å². The predicted molar refractivity (Wildman–Crippen MR) is 72.6 cm³/mol. The van der Waals surface area contributed by atoms with E-state index in [9.17, 15) is 4.39 Å². The molecule has 1 aromatic rings. The van der Waals surface area contributed by atoms with Gasteiger partial charge in [-0.1, -0.05) is 17.7 Å². The monoisotopic (exact) mass is 287 g/mol. The summed E-state index contributed by atoms with van der Waals surface area (Å²) in [5.74, 6) is -0.199. The summed E-state index contributed by atoms with van der Waals surface area (Å²) in [4.78, 5) is 2.42. The highest BCUT2D eigenvalue weighted by molar-refractivity contribution is 6.30. The van der Waals surface area contributed by atoms with Crippen molar-refractivity contribution in [2.75, 3.05) is 0 Å². The maximum Gasteiger partial charge on any atom is 0.129 e. The van der Waals surface area contributed by atoms with Crippen LogP contribution in [0.2, 0.25) is 5.02 Å². The number of hydrogen-bond donors (Lipinski definition) is 0. The number of nitrogens with zero attached hydrogens (tertiary/aromatic N) is 1. The topological polar surface area (TPSA) is 3.24 Å². The van der Waals surface area contributed by atoms with E-state index < -0.39 is 0 Å². The summed E-state index contributed by atoms with van der Waals surface area (Å²) in [7, 11) is 0. The Morgan fingerprint density at radius 3 is 2.50 bits per heavy atom. The molecule has 2 heterocycles. The van der Waals surface area contributed by atoms with Crippen LogP contribution < -0.4 is 0 Å². The molecular weight excluding hydrogens is 272 g/mol. The van der Waals surface area contributed by atoms with Crippen molar-refractivity contribution in [3.8, 4) is 0 Å². The van der Waals surface area contributed by atoms with E-state index in [1.54, 1.807) is 12.1 Å². The van der Waals surface area contributed by atoms with Gasteiger partial charge in [-0.3, -0.25) is 4.90 Å². The second-order valence-electron chi connectivity index (χ2n) is 5.36. The Morgan fingerprint density at radius 1 is 1.22 bits per heavy atom. The molecule has 2 unspecified atom stereocenters. The van der Waals surface area contributed by atoms with Crippen molar-refractivity contribution >= 4 is 23.2 Å². The number of fused-ring (bicyclic) bond motifs is 2. The molecular formula is C14H16Cl2FN. The van der Waals surface area contributed by atoms with Crippen LogP contribution in [0.5, 0.6) is 0 Å². The maximum atomic E-state index is 13.8. The molecule has 18 heavy (non-hydrogen) atoms. The van der Waals surface area contributed by atoms with Crippen LogP contribution in [0.1, 0.15) is 31.2 Å². The molecule has 0 aromatic heterocycles. The minimum atomic E-state index is -0.199. The van der Waals surface area contributed by atoms with Gasteiger partial charge in [-0.05, 0) is 37.8 Å². The number of halogens is 3. The lowest BCUT2D eigenvalue weighted by Gasteiger charge is -2.37. The number of hydrogen-bond acceptors (Lipinski definition) is 1. The Bertz CT molecular complexity index is 437. The summed E-state index contributed by atoms with van der Waals surface area (Å²) in [6.45, 7) is 0.682. The molecule has 2 fully saturated rings. The van der Waals surface area contributed by atoms with Crippen LogP contribution in [0.25, 0.3) is 0 Å².